The number of sulfonamides is 1. The first kappa shape index (κ1) is 20.4. The molecule has 6 nitrogen and oxygen atoms in total. The normalized spacial score (nSPS) is 15.8. The smallest absolute Gasteiger partial charge is 0.251 e. The summed E-state index contributed by atoms with van der Waals surface area (Å²) in [6.45, 7) is 2.72. The zero-order chi connectivity index (χ0) is 21.1. The van der Waals surface area contributed by atoms with Crippen LogP contribution in [0.4, 0.5) is 0 Å². The summed E-state index contributed by atoms with van der Waals surface area (Å²) in [4.78, 5) is 12.9. The average Bonchev–Trinajstić information content (AvgIpc) is 3.29. The van der Waals surface area contributed by atoms with Gasteiger partial charge in [0.25, 0.3) is 5.91 Å². The molecule has 0 atom stereocenters. The van der Waals surface area contributed by atoms with Crippen LogP contribution in [0.5, 0.6) is 0 Å². The van der Waals surface area contributed by atoms with E-state index in [9.17, 15) is 13.2 Å². The van der Waals surface area contributed by atoms with Gasteiger partial charge in [-0.15, -0.1) is 0 Å². The molecule has 2 heterocycles. The van der Waals surface area contributed by atoms with Gasteiger partial charge >= 0.3 is 0 Å². The average molecular weight is 424 g/mol. The highest BCUT2D eigenvalue weighted by atomic mass is 32.2. The summed E-state index contributed by atoms with van der Waals surface area (Å²) >= 11 is 0. The molecule has 0 unspecified atom stereocenters. The molecule has 30 heavy (non-hydrogen) atoms. The van der Waals surface area contributed by atoms with Gasteiger partial charge in [0, 0.05) is 42.8 Å². The first-order valence-corrected chi connectivity index (χ1v) is 11.5. The molecule has 1 saturated heterocycles. The predicted molar refractivity (Wildman–Crippen MR) is 116 cm³/mol. The highest BCUT2D eigenvalue weighted by molar-refractivity contribution is 7.89. The minimum atomic E-state index is -3.49. The molecule has 0 radical (unpaired) electrons. The molecular weight excluding hydrogens is 398 g/mol. The minimum Gasteiger partial charge on any atom is -0.349 e. The molecule has 2 aromatic carbocycles. The first-order valence-electron chi connectivity index (χ1n) is 10.0. The van der Waals surface area contributed by atoms with E-state index in [0.29, 0.717) is 36.4 Å². The number of aryl methyl sites for hydroxylation is 1. The van der Waals surface area contributed by atoms with Crippen LogP contribution in [0.15, 0.2) is 78.0 Å². The largest absolute Gasteiger partial charge is 0.349 e. The van der Waals surface area contributed by atoms with Crippen LogP contribution in [0.3, 0.4) is 0 Å². The quantitative estimate of drug-likeness (QED) is 0.684. The fraction of sp³-hybridized carbons (Fsp3) is 0.261. The van der Waals surface area contributed by atoms with Crippen molar-refractivity contribution in [3.63, 3.8) is 0 Å². The molecule has 0 bridgehead atoms. The highest BCUT2D eigenvalue weighted by Gasteiger charge is 2.30. The van der Waals surface area contributed by atoms with Gasteiger partial charge in [-0.3, -0.25) is 4.79 Å². The fourth-order valence-electron chi connectivity index (χ4n) is 3.66. The molecule has 3 aromatic rings. The van der Waals surface area contributed by atoms with Crippen molar-refractivity contribution in [3.8, 4) is 5.69 Å². The van der Waals surface area contributed by atoms with Gasteiger partial charge in [-0.25, -0.2) is 8.42 Å². The lowest BCUT2D eigenvalue weighted by atomic mass is 10.1. The molecule has 0 saturated carbocycles. The van der Waals surface area contributed by atoms with Crippen molar-refractivity contribution in [3.05, 3.63) is 84.2 Å². The van der Waals surface area contributed by atoms with Gasteiger partial charge in [0.1, 0.15) is 0 Å². The van der Waals surface area contributed by atoms with Crippen molar-refractivity contribution in [2.45, 2.75) is 30.7 Å². The molecule has 1 fully saturated rings. The van der Waals surface area contributed by atoms with E-state index >= 15 is 0 Å². The number of hydrogen-bond donors (Lipinski definition) is 1. The maximum absolute atomic E-state index is 12.8. The molecule has 1 aliphatic rings. The number of amides is 1. The SMILES string of the molecule is Cc1ccc(S(=O)(=O)N2CCC(NC(=O)c3ccc(-n4cccc4)cc3)CC2)cc1. The standard InChI is InChI=1S/C23H25N3O3S/c1-18-4-10-22(11-5-18)30(28,29)26-16-12-20(13-17-26)24-23(27)19-6-8-21(9-7-19)25-14-2-3-15-25/h2-11,14-15,20H,12-13,16-17H2,1H3,(H,24,27). The second-order valence-electron chi connectivity index (χ2n) is 7.60. The molecule has 0 aliphatic carbocycles. The summed E-state index contributed by atoms with van der Waals surface area (Å²) in [5.74, 6) is -0.131. The summed E-state index contributed by atoms with van der Waals surface area (Å²) in [6.07, 6.45) is 5.09. The molecule has 156 valence electrons. The summed E-state index contributed by atoms with van der Waals surface area (Å²) in [7, 11) is -3.49. The van der Waals surface area contributed by atoms with E-state index < -0.39 is 10.0 Å². The van der Waals surface area contributed by atoms with E-state index in [1.807, 2.05) is 60.3 Å². The third kappa shape index (κ3) is 4.32. The molecule has 1 N–H and O–H groups in total. The maximum Gasteiger partial charge on any atom is 0.251 e. The summed E-state index contributed by atoms with van der Waals surface area (Å²) in [5, 5.41) is 3.04. The maximum atomic E-state index is 12.8. The minimum absolute atomic E-state index is 0.0360. The van der Waals surface area contributed by atoms with Gasteiger partial charge in [0.05, 0.1) is 4.90 Å². The third-order valence-corrected chi connectivity index (χ3v) is 7.39. The number of nitrogens with one attached hydrogen (secondary N) is 1. The number of hydrogen-bond acceptors (Lipinski definition) is 3. The number of carbonyl (C=O) groups is 1. The monoisotopic (exact) mass is 423 g/mol. The van der Waals surface area contributed by atoms with Gasteiger partial charge in [-0.05, 0) is 68.3 Å². The Morgan fingerprint density at radius 1 is 0.933 bits per heavy atom. The van der Waals surface area contributed by atoms with Gasteiger partial charge < -0.3 is 9.88 Å². The van der Waals surface area contributed by atoms with Crippen LogP contribution in [0.1, 0.15) is 28.8 Å². The number of rotatable bonds is 5. The molecule has 0 spiro atoms. The Bertz CT molecular complexity index is 1100. The lowest BCUT2D eigenvalue weighted by molar-refractivity contribution is 0.0924. The zero-order valence-electron chi connectivity index (χ0n) is 16.9. The lowest BCUT2D eigenvalue weighted by Crippen LogP contribution is -2.46. The molecular formula is C23H25N3O3S. The van der Waals surface area contributed by atoms with Crippen molar-refractivity contribution < 1.29 is 13.2 Å². The number of benzene rings is 2. The van der Waals surface area contributed by atoms with Gasteiger partial charge in [-0.1, -0.05) is 17.7 Å². The van der Waals surface area contributed by atoms with Gasteiger partial charge in [-0.2, -0.15) is 4.31 Å². The van der Waals surface area contributed by atoms with Gasteiger partial charge in [0.2, 0.25) is 10.0 Å². The van der Waals surface area contributed by atoms with Crippen molar-refractivity contribution in [1.29, 1.82) is 0 Å². The summed E-state index contributed by atoms with van der Waals surface area (Å²) in [6, 6.07) is 18.2. The molecule has 1 amide bonds. The Labute approximate surface area is 177 Å². The van der Waals surface area contributed by atoms with Crippen molar-refractivity contribution in [2.24, 2.45) is 0 Å². The van der Waals surface area contributed by atoms with Crippen LogP contribution >= 0.6 is 0 Å². The van der Waals surface area contributed by atoms with Crippen LogP contribution in [-0.2, 0) is 10.0 Å². The first-order chi connectivity index (χ1) is 14.4. The Morgan fingerprint density at radius 3 is 2.13 bits per heavy atom. The second-order valence-corrected chi connectivity index (χ2v) is 9.54. The summed E-state index contributed by atoms with van der Waals surface area (Å²) in [5.41, 5.74) is 2.61. The van der Waals surface area contributed by atoms with Crippen LogP contribution in [0.2, 0.25) is 0 Å². The Kier molecular flexibility index (Phi) is 5.74. The van der Waals surface area contributed by atoms with Crippen molar-refractivity contribution in [1.82, 2.24) is 14.2 Å². The van der Waals surface area contributed by atoms with E-state index in [1.165, 1.54) is 4.31 Å². The second kappa shape index (κ2) is 8.45. The Hall–Kier alpha value is -2.90. The summed E-state index contributed by atoms with van der Waals surface area (Å²) < 4.78 is 29.1. The topological polar surface area (TPSA) is 71.4 Å². The fourth-order valence-corrected chi connectivity index (χ4v) is 5.13. The van der Waals surface area contributed by atoms with Crippen LogP contribution in [0.25, 0.3) is 5.69 Å². The highest BCUT2D eigenvalue weighted by Crippen LogP contribution is 2.21. The predicted octanol–water partition coefficient (Wildman–Crippen LogP) is 3.37. The van der Waals surface area contributed by atoms with E-state index in [0.717, 1.165) is 11.3 Å². The lowest BCUT2D eigenvalue weighted by Gasteiger charge is -2.31. The third-order valence-electron chi connectivity index (χ3n) is 5.48. The number of piperidine rings is 1. The number of nitrogens with zero attached hydrogens (tertiary/aromatic N) is 2. The van der Waals surface area contributed by atoms with E-state index in [1.54, 1.807) is 24.3 Å². The van der Waals surface area contributed by atoms with E-state index in [4.69, 9.17) is 0 Å². The van der Waals surface area contributed by atoms with Crippen LogP contribution < -0.4 is 5.32 Å². The molecule has 7 heteroatoms. The van der Waals surface area contributed by atoms with Crippen molar-refractivity contribution in [2.75, 3.05) is 13.1 Å². The van der Waals surface area contributed by atoms with Crippen molar-refractivity contribution >= 4 is 15.9 Å². The van der Waals surface area contributed by atoms with Crippen LogP contribution in [0, 0.1) is 6.92 Å². The molecule has 1 aromatic heterocycles. The molecule has 1 aliphatic heterocycles. The number of aromatic nitrogens is 1. The molecule has 4 rings (SSSR count). The Morgan fingerprint density at radius 2 is 1.53 bits per heavy atom. The van der Waals surface area contributed by atoms with Crippen LogP contribution in [-0.4, -0.2) is 42.3 Å². The van der Waals surface area contributed by atoms with E-state index in [-0.39, 0.29) is 11.9 Å². The zero-order valence-corrected chi connectivity index (χ0v) is 17.7. The van der Waals surface area contributed by atoms with E-state index in [2.05, 4.69) is 5.32 Å². The van der Waals surface area contributed by atoms with Gasteiger partial charge in [0.15, 0.2) is 0 Å². The Balaban J connectivity index is 1.34. The number of carbonyl (C=O) groups excluding carboxylic acids is 1.